The van der Waals surface area contributed by atoms with Crippen molar-refractivity contribution < 1.29 is 21.1 Å². The molecule has 40 valence electrons. The fourth-order valence-corrected chi connectivity index (χ4v) is 0. The van der Waals surface area contributed by atoms with Crippen molar-refractivity contribution in [2.45, 2.75) is 0 Å². The molecule has 0 radical (unpaired) electrons. The number of hydrazine groups is 1. The van der Waals surface area contributed by atoms with Crippen molar-refractivity contribution in [3.63, 3.8) is 0 Å². The van der Waals surface area contributed by atoms with Crippen molar-refractivity contribution in [3.05, 3.63) is 0 Å². The van der Waals surface area contributed by atoms with E-state index in [-0.39, 0.29) is 21.1 Å². The van der Waals surface area contributed by atoms with Gasteiger partial charge in [-0.15, -0.1) is 0 Å². The van der Waals surface area contributed by atoms with Crippen LogP contribution < -0.4 is 17.0 Å². The summed E-state index contributed by atoms with van der Waals surface area (Å²) in [5.74, 6) is 4.73. The second-order valence-electron chi connectivity index (χ2n) is 0.509. The van der Waals surface area contributed by atoms with Gasteiger partial charge in [-0.1, -0.05) is 0 Å². The number of rotatable bonds is 1. The van der Waals surface area contributed by atoms with Crippen molar-refractivity contribution in [1.29, 1.82) is 0 Å². The third-order valence-corrected chi connectivity index (χ3v) is 0.390. The summed E-state index contributed by atoms with van der Waals surface area (Å²) >= 11 is 2.45. The summed E-state index contributed by atoms with van der Waals surface area (Å²) in [7, 11) is 0. The van der Waals surface area contributed by atoms with E-state index in [2.05, 4.69) is 21.0 Å². The first-order valence-corrected chi connectivity index (χ1v) is 1.89. The van der Waals surface area contributed by atoms with E-state index in [9.17, 15) is 0 Å². The summed E-state index contributed by atoms with van der Waals surface area (Å²) < 4.78 is 0.407. The summed E-state index contributed by atoms with van der Waals surface area (Å²) in [6.07, 6.45) is 0. The summed E-state index contributed by atoms with van der Waals surface area (Å²) in [6.45, 7) is 0. The standard InChI is InChI=1S/CH5N3Se.Pt/c2-1(5)4-3;/h3H2,(H3,2,4,5);. The van der Waals surface area contributed by atoms with Crippen molar-refractivity contribution in [2.24, 2.45) is 11.6 Å². The molecule has 0 aliphatic carbocycles. The fraction of sp³-hybridized carbons (Fsp3) is 0. The van der Waals surface area contributed by atoms with E-state index in [0.29, 0.717) is 4.67 Å². The van der Waals surface area contributed by atoms with Gasteiger partial charge < -0.3 is 0 Å². The first kappa shape index (κ1) is 9.81. The van der Waals surface area contributed by atoms with Crippen LogP contribution in [0.4, 0.5) is 0 Å². The number of nitrogens with one attached hydrogen (secondary N) is 1. The molecule has 0 rings (SSSR count). The Morgan fingerprint density at radius 3 is 1.83 bits per heavy atom. The average Bonchev–Trinajstić information content (AvgIpc) is 1.38. The molecular weight excluding hydrogens is 328 g/mol. The zero-order valence-electron chi connectivity index (χ0n) is 2.88. The maximum Gasteiger partial charge on any atom is 0 e. The second kappa shape index (κ2) is 5.64. The van der Waals surface area contributed by atoms with Gasteiger partial charge in [-0.2, -0.15) is 0 Å². The molecule has 0 saturated heterocycles. The van der Waals surface area contributed by atoms with Gasteiger partial charge in [-0.3, -0.25) is 0 Å². The Labute approximate surface area is 58.4 Å². The van der Waals surface area contributed by atoms with E-state index in [1.807, 2.05) is 0 Å². The zero-order chi connectivity index (χ0) is 4.28. The smallest absolute Gasteiger partial charge is 0 e. The van der Waals surface area contributed by atoms with E-state index < -0.39 is 0 Å². The molecule has 3 nitrogen and oxygen atoms in total. The molecule has 5 heteroatoms. The van der Waals surface area contributed by atoms with Gasteiger partial charge in [0.05, 0.1) is 0 Å². The molecule has 0 fully saturated rings. The third kappa shape index (κ3) is 8.82. The van der Waals surface area contributed by atoms with Gasteiger partial charge in [0.1, 0.15) is 0 Å². The Morgan fingerprint density at radius 1 is 1.67 bits per heavy atom. The SMILES string of the molecule is NNC(N)=[Se].[Pt]. The van der Waals surface area contributed by atoms with Crippen LogP contribution in [0.15, 0.2) is 0 Å². The molecule has 5 N–H and O–H groups in total. The minimum absolute atomic E-state index is 0. The van der Waals surface area contributed by atoms with Crippen molar-refractivity contribution in [1.82, 2.24) is 5.43 Å². The Hall–Kier alpha value is 0.638. The van der Waals surface area contributed by atoms with E-state index in [4.69, 9.17) is 11.6 Å². The van der Waals surface area contributed by atoms with Gasteiger partial charge in [-0.05, 0) is 0 Å². The number of nitrogens with two attached hydrogens (primary N) is 2. The largest absolute Gasteiger partial charge is 0 e. The first-order chi connectivity index (χ1) is 2.27. The van der Waals surface area contributed by atoms with Crippen molar-refractivity contribution in [3.8, 4) is 0 Å². The van der Waals surface area contributed by atoms with Crippen molar-refractivity contribution in [2.75, 3.05) is 0 Å². The van der Waals surface area contributed by atoms with Gasteiger partial charge in [-0.25, -0.2) is 0 Å². The molecule has 0 bridgehead atoms. The summed E-state index contributed by atoms with van der Waals surface area (Å²) in [6, 6.07) is 0. The van der Waals surface area contributed by atoms with Crippen molar-refractivity contribution >= 4 is 20.2 Å². The number of hydrogen-bond acceptors (Lipinski definition) is 3. The quantitative estimate of drug-likeness (QED) is 0.286. The van der Waals surface area contributed by atoms with Crippen LogP contribution in [0, 0.1) is 0 Å². The van der Waals surface area contributed by atoms with Crippen LogP contribution in [0.5, 0.6) is 0 Å². The van der Waals surface area contributed by atoms with Crippen LogP contribution in [0.2, 0.25) is 0 Å². The van der Waals surface area contributed by atoms with Gasteiger partial charge >= 0.3 is 37.2 Å². The fourth-order valence-electron chi connectivity index (χ4n) is 0. The normalized spacial score (nSPS) is 5.50. The molecule has 0 aromatic rings. The molecule has 0 aliphatic heterocycles. The van der Waals surface area contributed by atoms with E-state index in [0.717, 1.165) is 0 Å². The second-order valence-corrected chi connectivity index (χ2v) is 1.43. The van der Waals surface area contributed by atoms with Crippen LogP contribution in [0.25, 0.3) is 0 Å². The van der Waals surface area contributed by atoms with Gasteiger partial charge in [0.15, 0.2) is 0 Å². The Bertz CT molecular complexity index is 46.1. The van der Waals surface area contributed by atoms with Crippen LogP contribution in [-0.2, 0) is 21.1 Å². The monoisotopic (exact) mass is 334 g/mol. The first-order valence-electron chi connectivity index (χ1n) is 1.03. The topological polar surface area (TPSA) is 64.1 Å². The average molecular weight is 333 g/mol. The Balaban J connectivity index is 0. The molecule has 0 amide bonds. The molecule has 0 spiro atoms. The molecule has 0 heterocycles. The van der Waals surface area contributed by atoms with Gasteiger partial charge in [0.25, 0.3) is 0 Å². The Morgan fingerprint density at radius 2 is 1.83 bits per heavy atom. The molecule has 0 aromatic heterocycles. The molecule has 6 heavy (non-hydrogen) atoms. The van der Waals surface area contributed by atoms with Gasteiger partial charge in [0.2, 0.25) is 0 Å². The van der Waals surface area contributed by atoms with Crippen LogP contribution >= 0.6 is 0 Å². The third-order valence-electron chi connectivity index (χ3n) is 0.142. The summed E-state index contributed by atoms with van der Waals surface area (Å²) in [4.78, 5) is 0. The van der Waals surface area contributed by atoms with Crippen LogP contribution in [-0.4, -0.2) is 20.2 Å². The Kier molecular flexibility index (Phi) is 9.22. The predicted octanol–water partition coefficient (Wildman–Crippen LogP) is -2.34. The maximum absolute atomic E-state index is 4.92. The van der Waals surface area contributed by atoms with E-state index in [1.165, 1.54) is 0 Å². The van der Waals surface area contributed by atoms with Gasteiger partial charge in [0, 0.05) is 21.1 Å². The molecule has 0 aliphatic rings. The molecule has 0 saturated carbocycles. The van der Waals surface area contributed by atoms with E-state index in [1.54, 1.807) is 0 Å². The minimum atomic E-state index is 0. The van der Waals surface area contributed by atoms with E-state index >= 15 is 0 Å². The summed E-state index contributed by atoms with van der Waals surface area (Å²) in [5.41, 5.74) is 7.08. The van der Waals surface area contributed by atoms with Crippen LogP contribution in [0.1, 0.15) is 0 Å². The molecule has 0 atom stereocenters. The maximum atomic E-state index is 4.92. The zero-order valence-corrected chi connectivity index (χ0v) is 6.86. The minimum Gasteiger partial charge on any atom is 0 e. The number of hydrogen-bond donors (Lipinski definition) is 3. The molecule has 0 unspecified atom stereocenters. The molecular formula is CH5N3PtSe. The van der Waals surface area contributed by atoms with Crippen LogP contribution in [0.3, 0.4) is 0 Å². The molecule has 0 aromatic carbocycles. The predicted molar refractivity (Wildman–Crippen MR) is 22.3 cm³/mol. The summed E-state index contributed by atoms with van der Waals surface area (Å²) in [5, 5.41) is 0.